The third-order valence-corrected chi connectivity index (χ3v) is 1.01. The predicted molar refractivity (Wildman–Crippen MR) is 21.8 cm³/mol. The van der Waals surface area contributed by atoms with Gasteiger partial charge in [-0.1, -0.05) is 15.9 Å². The maximum absolute atomic E-state index is 4.56. The van der Waals surface area contributed by atoms with Crippen molar-refractivity contribution in [1.82, 2.24) is 5.48 Å². The topological polar surface area (TPSA) is 34.5 Å². The van der Waals surface area contributed by atoms with Crippen molar-refractivity contribution in [2.24, 2.45) is 0 Å². The first-order valence-corrected chi connectivity index (χ1v) is 2.53. The molecule has 0 aromatic heterocycles. The molecule has 1 unspecified atom stereocenters. The van der Waals surface area contributed by atoms with Crippen LogP contribution in [0.3, 0.4) is 0 Å². The van der Waals surface area contributed by atoms with Gasteiger partial charge in [0.25, 0.3) is 0 Å². The Morgan fingerprint density at radius 2 is 2.60 bits per heavy atom. The van der Waals surface area contributed by atoms with Gasteiger partial charge in [-0.3, -0.25) is 4.84 Å². The molecule has 3 heteroatoms. The van der Waals surface area contributed by atoms with Crippen LogP contribution in [0.5, 0.6) is 0 Å². The predicted octanol–water partition coefficient (Wildman–Crippen LogP) is 0.242. The highest BCUT2D eigenvalue weighted by atomic mass is 79.9. The van der Waals surface area contributed by atoms with Gasteiger partial charge < -0.3 is 0 Å². The number of nitrogens with one attached hydrogen (secondary N) is 1. The first-order valence-electron chi connectivity index (χ1n) is 1.40. The van der Waals surface area contributed by atoms with Gasteiger partial charge in [0.15, 0.2) is 6.23 Å². The molecule has 1 atom stereocenters. The maximum Gasteiger partial charge on any atom is 0.161 e. The second-order valence-corrected chi connectivity index (χ2v) is 1.53. The first-order chi connectivity index (χ1) is 2.43. The Kier molecular flexibility index (Phi) is 0.890. The number of hydrogen-bond donors (Lipinski definition) is 1. The van der Waals surface area contributed by atoms with Crippen molar-refractivity contribution >= 4 is 15.9 Å². The Labute approximate surface area is 38.6 Å². The summed E-state index contributed by atoms with van der Waals surface area (Å²) in [5, 5.41) is 0.896. The van der Waals surface area contributed by atoms with Crippen molar-refractivity contribution in [1.29, 1.82) is 0 Å². The molecular weight excluding hydrogens is 134 g/mol. The van der Waals surface area contributed by atoms with Gasteiger partial charge in [-0.15, -0.1) is 0 Å². The molecule has 0 saturated carbocycles. The van der Waals surface area contributed by atoms with E-state index >= 15 is 0 Å². The van der Waals surface area contributed by atoms with E-state index in [1.165, 1.54) is 0 Å². The van der Waals surface area contributed by atoms with E-state index in [9.17, 15) is 0 Å². The molecule has 0 aliphatic carbocycles. The summed E-state index contributed by atoms with van der Waals surface area (Å²) in [5.41, 5.74) is 2.64. The molecule has 30 valence electrons. The highest BCUT2D eigenvalue weighted by Gasteiger charge is 2.18. The SMILES string of the molecule is BrCC1NO1. The van der Waals surface area contributed by atoms with Crippen molar-refractivity contribution in [3.05, 3.63) is 0 Å². The van der Waals surface area contributed by atoms with Gasteiger partial charge in [0.1, 0.15) is 0 Å². The minimum Gasteiger partial charge on any atom is -0.277 e. The van der Waals surface area contributed by atoms with E-state index in [0.717, 1.165) is 5.33 Å². The molecule has 1 aliphatic rings. The summed E-state index contributed by atoms with van der Waals surface area (Å²) in [5.74, 6) is 0. The quantitative estimate of drug-likeness (QED) is 0.416. The van der Waals surface area contributed by atoms with Crippen LogP contribution in [0.1, 0.15) is 0 Å². The van der Waals surface area contributed by atoms with Crippen molar-refractivity contribution in [2.75, 3.05) is 5.33 Å². The molecule has 1 heterocycles. The van der Waals surface area contributed by atoms with Crippen LogP contribution in [-0.4, -0.2) is 11.6 Å². The number of hydrogen-bond acceptors (Lipinski definition) is 2. The number of hydroxylamine groups is 1. The summed E-state index contributed by atoms with van der Waals surface area (Å²) in [6, 6.07) is 0. The highest BCUT2D eigenvalue weighted by molar-refractivity contribution is 9.09. The molecule has 1 rings (SSSR count). The van der Waals surface area contributed by atoms with Crippen LogP contribution in [0.2, 0.25) is 0 Å². The summed E-state index contributed by atoms with van der Waals surface area (Å²) in [4.78, 5) is 4.56. The van der Waals surface area contributed by atoms with E-state index in [1.807, 2.05) is 0 Å². The van der Waals surface area contributed by atoms with Gasteiger partial charge in [0, 0.05) is 5.33 Å². The molecule has 1 aliphatic heterocycles. The highest BCUT2D eigenvalue weighted by Crippen LogP contribution is 2.01. The van der Waals surface area contributed by atoms with Crippen LogP contribution < -0.4 is 5.48 Å². The summed E-state index contributed by atoms with van der Waals surface area (Å²) in [6.07, 6.45) is 0.301. The second kappa shape index (κ2) is 1.24. The van der Waals surface area contributed by atoms with Crippen molar-refractivity contribution in [3.63, 3.8) is 0 Å². The van der Waals surface area contributed by atoms with Crippen LogP contribution in [0.4, 0.5) is 0 Å². The van der Waals surface area contributed by atoms with Gasteiger partial charge in [0.05, 0.1) is 0 Å². The second-order valence-electron chi connectivity index (χ2n) is 0.879. The Hall–Kier alpha value is 0.400. The maximum atomic E-state index is 4.56. The lowest BCUT2D eigenvalue weighted by Crippen LogP contribution is -1.86. The third-order valence-electron chi connectivity index (χ3n) is 0.425. The van der Waals surface area contributed by atoms with E-state index < -0.39 is 0 Å². The van der Waals surface area contributed by atoms with E-state index in [4.69, 9.17) is 0 Å². The van der Waals surface area contributed by atoms with Gasteiger partial charge in [-0.05, 0) is 0 Å². The van der Waals surface area contributed by atoms with Crippen LogP contribution in [0.25, 0.3) is 0 Å². The fourth-order valence-electron chi connectivity index (χ4n) is 0.111. The Morgan fingerprint density at radius 3 is 2.60 bits per heavy atom. The minimum absolute atomic E-state index is 0.301. The molecule has 0 amide bonds. The molecule has 0 bridgehead atoms. The number of halogens is 1. The minimum atomic E-state index is 0.301. The molecule has 1 fully saturated rings. The van der Waals surface area contributed by atoms with Gasteiger partial charge in [0.2, 0.25) is 0 Å². The van der Waals surface area contributed by atoms with Crippen molar-refractivity contribution in [3.8, 4) is 0 Å². The summed E-state index contributed by atoms with van der Waals surface area (Å²) in [7, 11) is 0. The zero-order chi connectivity index (χ0) is 3.70. The molecule has 0 spiro atoms. The molecular formula is C2H4BrNO. The Morgan fingerprint density at radius 1 is 2.00 bits per heavy atom. The summed E-state index contributed by atoms with van der Waals surface area (Å²) in [6.45, 7) is 0. The standard InChI is InChI=1S/C2H4BrNO/c3-1-2-4-5-2/h2,4H,1H2. The zero-order valence-corrected chi connectivity index (χ0v) is 4.16. The molecule has 0 aromatic carbocycles. The summed E-state index contributed by atoms with van der Waals surface area (Å²) >= 11 is 3.19. The largest absolute Gasteiger partial charge is 0.277 e. The fourth-order valence-corrected chi connectivity index (χ4v) is 0.375. The van der Waals surface area contributed by atoms with E-state index in [2.05, 4.69) is 26.2 Å². The number of rotatable bonds is 1. The van der Waals surface area contributed by atoms with Crippen molar-refractivity contribution < 1.29 is 4.84 Å². The van der Waals surface area contributed by atoms with E-state index in [0.29, 0.717) is 6.23 Å². The Balaban J connectivity index is 2.00. The Bertz CT molecular complexity index is 36.6. The molecule has 1 N–H and O–H groups in total. The summed E-state index contributed by atoms with van der Waals surface area (Å²) < 4.78 is 0. The smallest absolute Gasteiger partial charge is 0.161 e. The molecule has 0 aromatic rings. The van der Waals surface area contributed by atoms with Crippen molar-refractivity contribution in [2.45, 2.75) is 6.23 Å². The average molecular weight is 138 g/mol. The first kappa shape index (κ1) is 3.59. The molecule has 5 heavy (non-hydrogen) atoms. The van der Waals surface area contributed by atoms with Gasteiger partial charge in [-0.25, -0.2) is 0 Å². The lowest BCUT2D eigenvalue weighted by molar-refractivity contribution is 0.382. The zero-order valence-electron chi connectivity index (χ0n) is 2.57. The number of alkyl halides is 1. The third kappa shape index (κ3) is 0.869. The van der Waals surface area contributed by atoms with Gasteiger partial charge in [-0.2, -0.15) is 5.48 Å². The normalized spacial score (nSPS) is 34.2. The lowest BCUT2D eigenvalue weighted by atomic mass is 10.8. The average Bonchev–Trinajstić information content (AvgIpc) is 2.12. The molecule has 0 radical (unpaired) electrons. The molecule has 1 saturated heterocycles. The van der Waals surface area contributed by atoms with E-state index in [-0.39, 0.29) is 0 Å². The monoisotopic (exact) mass is 137 g/mol. The fraction of sp³-hybridized carbons (Fsp3) is 1.00. The molecule has 2 nitrogen and oxygen atoms in total. The van der Waals surface area contributed by atoms with Gasteiger partial charge >= 0.3 is 0 Å². The van der Waals surface area contributed by atoms with Crippen LogP contribution in [0.15, 0.2) is 0 Å². The lowest BCUT2D eigenvalue weighted by Gasteiger charge is -1.64. The van der Waals surface area contributed by atoms with E-state index in [1.54, 1.807) is 0 Å². The van der Waals surface area contributed by atoms with Crippen LogP contribution >= 0.6 is 15.9 Å². The van der Waals surface area contributed by atoms with Crippen LogP contribution in [-0.2, 0) is 4.84 Å². The van der Waals surface area contributed by atoms with Crippen LogP contribution in [0, 0.1) is 0 Å².